The first-order valence-corrected chi connectivity index (χ1v) is 8.60. The van der Waals surface area contributed by atoms with Gasteiger partial charge in [0.1, 0.15) is 5.82 Å². The molecule has 0 aliphatic carbocycles. The molecule has 1 unspecified atom stereocenters. The van der Waals surface area contributed by atoms with E-state index < -0.39 is 0 Å². The highest BCUT2D eigenvalue weighted by atomic mass is 32.1. The van der Waals surface area contributed by atoms with Crippen molar-refractivity contribution in [3.05, 3.63) is 65.4 Å². The average molecular weight is 358 g/mol. The number of rotatable bonds is 4. The molecule has 7 heteroatoms. The van der Waals surface area contributed by atoms with Crippen LogP contribution in [0, 0.1) is 5.82 Å². The first kappa shape index (κ1) is 16.5. The van der Waals surface area contributed by atoms with Crippen molar-refractivity contribution >= 4 is 34.6 Å². The van der Waals surface area contributed by atoms with Crippen LogP contribution < -0.4 is 10.6 Å². The Morgan fingerprint density at radius 3 is 2.71 bits per heavy atom. The van der Waals surface area contributed by atoms with Crippen LogP contribution in [0.3, 0.4) is 0 Å². The Morgan fingerprint density at radius 2 is 2.00 bits per heavy atom. The zero-order valence-electron chi connectivity index (χ0n) is 12.9. The molecule has 0 saturated heterocycles. The smallest absolute Gasteiger partial charge is 0.229 e. The van der Waals surface area contributed by atoms with Gasteiger partial charge >= 0.3 is 0 Å². The second-order valence-corrected chi connectivity index (χ2v) is 6.47. The molecule has 2 aromatic heterocycles. The lowest BCUT2D eigenvalue weighted by atomic mass is 10.1. The van der Waals surface area contributed by atoms with Gasteiger partial charge in [-0.2, -0.15) is 0 Å². The molecule has 4 nitrogen and oxygen atoms in total. The van der Waals surface area contributed by atoms with Gasteiger partial charge in [0, 0.05) is 6.20 Å². The van der Waals surface area contributed by atoms with Gasteiger partial charge in [-0.05, 0) is 54.4 Å². The molecule has 122 valence electrons. The minimum absolute atomic E-state index is 0.0638. The summed E-state index contributed by atoms with van der Waals surface area (Å²) in [6.07, 6.45) is 1.69. The van der Waals surface area contributed by atoms with Crippen molar-refractivity contribution in [2.24, 2.45) is 0 Å². The first-order chi connectivity index (χ1) is 11.6. The number of halogens is 1. The fraction of sp³-hybridized carbons (Fsp3) is 0.118. The normalized spacial score (nSPS) is 11.8. The molecule has 3 rings (SSSR count). The number of thiophene rings is 1. The van der Waals surface area contributed by atoms with Crippen LogP contribution >= 0.6 is 23.6 Å². The van der Waals surface area contributed by atoms with Crippen LogP contribution in [0.2, 0.25) is 0 Å². The summed E-state index contributed by atoms with van der Waals surface area (Å²) < 4.78 is 13.0. The van der Waals surface area contributed by atoms with Gasteiger partial charge in [0.25, 0.3) is 0 Å². The molecule has 0 bridgehead atoms. The SMILES string of the molecule is CC(NC(=S)Nc1nccc(-c2cccs2)n1)c1ccc(F)cc1. The third kappa shape index (κ3) is 4.12. The predicted molar refractivity (Wildman–Crippen MR) is 99.5 cm³/mol. The molecular formula is C17H15FN4S2. The maximum atomic E-state index is 13.0. The maximum absolute atomic E-state index is 13.0. The van der Waals surface area contributed by atoms with Crippen molar-refractivity contribution in [1.82, 2.24) is 15.3 Å². The van der Waals surface area contributed by atoms with E-state index in [1.807, 2.05) is 30.5 Å². The molecular weight excluding hydrogens is 343 g/mol. The van der Waals surface area contributed by atoms with Crippen LogP contribution in [0.4, 0.5) is 10.3 Å². The van der Waals surface area contributed by atoms with Gasteiger partial charge in [-0.15, -0.1) is 11.3 Å². The van der Waals surface area contributed by atoms with E-state index in [4.69, 9.17) is 12.2 Å². The fourth-order valence-electron chi connectivity index (χ4n) is 2.15. The highest BCUT2D eigenvalue weighted by molar-refractivity contribution is 7.80. The van der Waals surface area contributed by atoms with Crippen LogP contribution in [0.5, 0.6) is 0 Å². The first-order valence-electron chi connectivity index (χ1n) is 7.32. The summed E-state index contributed by atoms with van der Waals surface area (Å²) in [5, 5.41) is 8.54. The summed E-state index contributed by atoms with van der Waals surface area (Å²) in [5.41, 5.74) is 1.78. The monoisotopic (exact) mass is 358 g/mol. The molecule has 0 amide bonds. The van der Waals surface area contributed by atoms with E-state index in [-0.39, 0.29) is 11.9 Å². The third-order valence-electron chi connectivity index (χ3n) is 3.37. The van der Waals surface area contributed by atoms with Gasteiger partial charge in [-0.1, -0.05) is 18.2 Å². The Hall–Kier alpha value is -2.38. The summed E-state index contributed by atoms with van der Waals surface area (Å²) in [6, 6.07) is 12.1. The highest BCUT2D eigenvalue weighted by Crippen LogP contribution is 2.22. The molecule has 0 aliphatic heterocycles. The number of hydrogen-bond acceptors (Lipinski definition) is 4. The summed E-state index contributed by atoms with van der Waals surface area (Å²) in [6.45, 7) is 1.95. The molecule has 0 saturated carbocycles. The molecule has 1 aromatic carbocycles. The summed E-state index contributed by atoms with van der Waals surface area (Å²) in [5.74, 6) is 0.176. The molecule has 2 heterocycles. The number of anilines is 1. The quantitative estimate of drug-likeness (QED) is 0.677. The molecule has 24 heavy (non-hydrogen) atoms. The van der Waals surface area contributed by atoms with Crippen LogP contribution in [-0.4, -0.2) is 15.1 Å². The topological polar surface area (TPSA) is 49.8 Å². The second kappa shape index (κ2) is 7.46. The van der Waals surface area contributed by atoms with Gasteiger partial charge in [0.2, 0.25) is 5.95 Å². The number of thiocarbonyl (C=S) groups is 1. The zero-order valence-corrected chi connectivity index (χ0v) is 14.5. The molecule has 3 aromatic rings. The van der Waals surface area contributed by atoms with Crippen molar-refractivity contribution in [3.8, 4) is 10.6 Å². The van der Waals surface area contributed by atoms with E-state index in [0.29, 0.717) is 11.1 Å². The number of nitrogens with zero attached hydrogens (tertiary/aromatic N) is 2. The number of hydrogen-bond donors (Lipinski definition) is 2. The number of nitrogens with one attached hydrogen (secondary N) is 2. The fourth-order valence-corrected chi connectivity index (χ4v) is 3.11. The Morgan fingerprint density at radius 1 is 1.21 bits per heavy atom. The van der Waals surface area contributed by atoms with Gasteiger partial charge in [-0.3, -0.25) is 0 Å². The van der Waals surface area contributed by atoms with E-state index in [9.17, 15) is 4.39 Å². The van der Waals surface area contributed by atoms with Gasteiger partial charge in [-0.25, -0.2) is 14.4 Å². The van der Waals surface area contributed by atoms with E-state index in [1.165, 1.54) is 12.1 Å². The maximum Gasteiger partial charge on any atom is 0.229 e. The van der Waals surface area contributed by atoms with Crippen molar-refractivity contribution < 1.29 is 4.39 Å². The Labute approximate surface area is 148 Å². The van der Waals surface area contributed by atoms with Crippen molar-refractivity contribution in [2.75, 3.05) is 5.32 Å². The summed E-state index contributed by atoms with van der Waals surface area (Å²) in [7, 11) is 0. The Kier molecular flexibility index (Phi) is 5.12. The number of benzene rings is 1. The molecule has 1 atom stereocenters. The lowest BCUT2D eigenvalue weighted by molar-refractivity contribution is 0.624. The van der Waals surface area contributed by atoms with E-state index in [0.717, 1.165) is 16.1 Å². The summed E-state index contributed by atoms with van der Waals surface area (Å²) >= 11 is 6.92. The second-order valence-electron chi connectivity index (χ2n) is 5.11. The van der Waals surface area contributed by atoms with Crippen molar-refractivity contribution in [2.45, 2.75) is 13.0 Å². The lowest BCUT2D eigenvalue weighted by Gasteiger charge is -2.16. The van der Waals surface area contributed by atoms with Gasteiger partial charge in [0.15, 0.2) is 5.11 Å². The van der Waals surface area contributed by atoms with Crippen molar-refractivity contribution in [1.29, 1.82) is 0 Å². The van der Waals surface area contributed by atoms with E-state index >= 15 is 0 Å². The predicted octanol–water partition coefficient (Wildman–Crippen LogP) is 4.39. The average Bonchev–Trinajstić information content (AvgIpc) is 3.10. The Balaban J connectivity index is 1.64. The van der Waals surface area contributed by atoms with Crippen molar-refractivity contribution in [3.63, 3.8) is 0 Å². The van der Waals surface area contributed by atoms with Crippen LogP contribution in [-0.2, 0) is 0 Å². The molecule has 0 radical (unpaired) electrons. The van der Waals surface area contributed by atoms with E-state index in [1.54, 1.807) is 29.7 Å². The molecule has 0 spiro atoms. The largest absolute Gasteiger partial charge is 0.356 e. The highest BCUT2D eigenvalue weighted by Gasteiger charge is 2.09. The van der Waals surface area contributed by atoms with Crippen LogP contribution in [0.25, 0.3) is 10.6 Å². The lowest BCUT2D eigenvalue weighted by Crippen LogP contribution is -2.31. The third-order valence-corrected chi connectivity index (χ3v) is 4.48. The Bertz CT molecular complexity index is 819. The van der Waals surface area contributed by atoms with Crippen LogP contribution in [0.1, 0.15) is 18.5 Å². The van der Waals surface area contributed by atoms with E-state index in [2.05, 4.69) is 20.6 Å². The standard InChI is InChI=1S/C17H15FN4S2/c1-11(12-4-6-13(18)7-5-12)20-17(23)22-16-19-9-8-14(21-16)15-3-2-10-24-15/h2-11H,1H3,(H2,19,20,21,22,23). The minimum atomic E-state index is -0.259. The molecule has 2 N–H and O–H groups in total. The van der Waals surface area contributed by atoms with Gasteiger partial charge in [0.05, 0.1) is 16.6 Å². The van der Waals surface area contributed by atoms with Crippen LogP contribution in [0.15, 0.2) is 54.0 Å². The molecule has 0 aliphatic rings. The minimum Gasteiger partial charge on any atom is -0.356 e. The molecule has 0 fully saturated rings. The van der Waals surface area contributed by atoms with Gasteiger partial charge < -0.3 is 10.6 Å². The zero-order chi connectivity index (χ0) is 16.9. The summed E-state index contributed by atoms with van der Waals surface area (Å²) in [4.78, 5) is 9.71. The number of aromatic nitrogens is 2.